The van der Waals surface area contributed by atoms with Crippen molar-refractivity contribution < 1.29 is 0 Å². The number of nitrogens with one attached hydrogen (secondary N) is 1. The molecule has 1 aromatic heterocycles. The van der Waals surface area contributed by atoms with Crippen LogP contribution in [-0.2, 0) is 12.8 Å². The molecule has 0 radical (unpaired) electrons. The molecule has 3 heteroatoms. The molecule has 102 valence electrons. The summed E-state index contributed by atoms with van der Waals surface area (Å²) in [6, 6.07) is 11.1. The number of hydrogen-bond donors (Lipinski definition) is 1. The van der Waals surface area contributed by atoms with E-state index in [2.05, 4.69) is 63.9 Å². The number of benzene rings is 1. The lowest BCUT2D eigenvalue weighted by atomic mass is 9.94. The largest absolute Gasteiger partial charge is 0.319 e. The molecule has 1 heterocycles. The van der Waals surface area contributed by atoms with Gasteiger partial charge in [-0.25, -0.2) is 0 Å². The highest BCUT2D eigenvalue weighted by molar-refractivity contribution is 9.10. The van der Waals surface area contributed by atoms with E-state index in [9.17, 15) is 0 Å². The Morgan fingerprint density at radius 3 is 2.74 bits per heavy atom. The van der Waals surface area contributed by atoms with Gasteiger partial charge in [-0.05, 0) is 66.8 Å². The van der Waals surface area contributed by atoms with E-state index in [1.165, 1.54) is 20.5 Å². The Hall–Kier alpha value is -0.640. The van der Waals surface area contributed by atoms with Crippen molar-refractivity contribution in [3.63, 3.8) is 0 Å². The summed E-state index contributed by atoms with van der Waals surface area (Å²) in [4.78, 5) is 1.46. The molecule has 2 aromatic rings. The maximum absolute atomic E-state index is 3.53. The molecule has 1 N–H and O–H groups in total. The molecule has 0 bridgehead atoms. The van der Waals surface area contributed by atoms with E-state index >= 15 is 0 Å². The Labute approximate surface area is 128 Å². The first-order chi connectivity index (χ1) is 9.17. The van der Waals surface area contributed by atoms with Crippen LogP contribution < -0.4 is 5.32 Å². The predicted molar refractivity (Wildman–Crippen MR) is 88.0 cm³/mol. The zero-order chi connectivity index (χ0) is 13.7. The van der Waals surface area contributed by atoms with E-state index in [4.69, 9.17) is 0 Å². The summed E-state index contributed by atoms with van der Waals surface area (Å²) < 4.78 is 1.20. The van der Waals surface area contributed by atoms with Crippen molar-refractivity contribution in [2.75, 3.05) is 13.6 Å². The quantitative estimate of drug-likeness (QED) is 0.821. The SMILES string of the molecule is CNCC(Cc1cccc(C)c1)Cc1cc(Br)cs1. The molecule has 0 saturated carbocycles. The zero-order valence-electron chi connectivity index (χ0n) is 11.4. The highest BCUT2D eigenvalue weighted by Crippen LogP contribution is 2.24. The van der Waals surface area contributed by atoms with E-state index in [1.54, 1.807) is 0 Å². The molecule has 0 aliphatic carbocycles. The number of thiophene rings is 1. The highest BCUT2D eigenvalue weighted by atomic mass is 79.9. The van der Waals surface area contributed by atoms with Crippen molar-refractivity contribution in [3.8, 4) is 0 Å². The summed E-state index contributed by atoms with van der Waals surface area (Å²) in [7, 11) is 2.04. The third kappa shape index (κ3) is 4.75. The molecule has 1 unspecified atom stereocenters. The second kappa shape index (κ2) is 7.22. The maximum Gasteiger partial charge on any atom is 0.0285 e. The molecule has 0 amide bonds. The zero-order valence-corrected chi connectivity index (χ0v) is 13.9. The molecule has 2 rings (SSSR count). The molecule has 0 aliphatic rings. The molecule has 1 atom stereocenters. The van der Waals surface area contributed by atoms with Crippen LogP contribution in [0.5, 0.6) is 0 Å². The van der Waals surface area contributed by atoms with Crippen molar-refractivity contribution in [1.82, 2.24) is 5.32 Å². The molecule has 1 nitrogen and oxygen atoms in total. The van der Waals surface area contributed by atoms with E-state index in [-0.39, 0.29) is 0 Å². The standard InChI is InChI=1S/C16H20BrNS/c1-12-4-3-5-13(6-12)7-14(10-18-2)8-16-9-15(17)11-19-16/h3-6,9,11,14,18H,7-8,10H2,1-2H3. The van der Waals surface area contributed by atoms with Gasteiger partial charge in [0.1, 0.15) is 0 Å². The molecule has 1 aromatic carbocycles. The van der Waals surface area contributed by atoms with Gasteiger partial charge in [0.15, 0.2) is 0 Å². The Balaban J connectivity index is 2.03. The Morgan fingerprint density at radius 2 is 2.11 bits per heavy atom. The van der Waals surface area contributed by atoms with Crippen molar-refractivity contribution in [1.29, 1.82) is 0 Å². The van der Waals surface area contributed by atoms with Gasteiger partial charge in [0, 0.05) is 14.7 Å². The van der Waals surface area contributed by atoms with E-state index in [0.717, 1.165) is 19.4 Å². The van der Waals surface area contributed by atoms with Gasteiger partial charge < -0.3 is 5.32 Å². The predicted octanol–water partition coefficient (Wildman–Crippen LogP) is 4.44. The summed E-state index contributed by atoms with van der Waals surface area (Å²) in [6.45, 7) is 3.22. The number of aryl methyl sites for hydroxylation is 1. The fraction of sp³-hybridized carbons (Fsp3) is 0.375. The van der Waals surface area contributed by atoms with Crippen LogP contribution in [0, 0.1) is 12.8 Å². The van der Waals surface area contributed by atoms with Crippen molar-refractivity contribution in [3.05, 3.63) is 56.2 Å². The summed E-state index contributed by atoms with van der Waals surface area (Å²) >= 11 is 5.38. The van der Waals surface area contributed by atoms with Crippen LogP contribution in [0.1, 0.15) is 16.0 Å². The van der Waals surface area contributed by atoms with Gasteiger partial charge >= 0.3 is 0 Å². The van der Waals surface area contributed by atoms with Crippen LogP contribution in [0.3, 0.4) is 0 Å². The minimum Gasteiger partial charge on any atom is -0.319 e. The van der Waals surface area contributed by atoms with Crippen molar-refractivity contribution in [2.24, 2.45) is 5.92 Å². The van der Waals surface area contributed by atoms with E-state index < -0.39 is 0 Å². The molecule has 0 spiro atoms. The number of rotatable bonds is 6. The van der Waals surface area contributed by atoms with Crippen molar-refractivity contribution >= 4 is 27.3 Å². The molecular formula is C16H20BrNS. The van der Waals surface area contributed by atoms with Gasteiger partial charge in [-0.1, -0.05) is 29.8 Å². The third-order valence-corrected chi connectivity index (χ3v) is 4.93. The van der Waals surface area contributed by atoms with Gasteiger partial charge in [0.2, 0.25) is 0 Å². The van der Waals surface area contributed by atoms with Crippen LogP contribution >= 0.6 is 27.3 Å². The monoisotopic (exact) mass is 337 g/mol. The first kappa shape index (κ1) is 14.8. The van der Waals surface area contributed by atoms with Crippen molar-refractivity contribution in [2.45, 2.75) is 19.8 Å². The molecule has 0 saturated heterocycles. The fourth-order valence-electron chi connectivity index (χ4n) is 2.42. The molecule has 0 aliphatic heterocycles. The lowest BCUT2D eigenvalue weighted by Crippen LogP contribution is -2.22. The van der Waals surface area contributed by atoms with Gasteiger partial charge in [-0.3, -0.25) is 0 Å². The van der Waals surface area contributed by atoms with Gasteiger partial charge in [0.05, 0.1) is 0 Å². The van der Waals surface area contributed by atoms with Gasteiger partial charge in [-0.2, -0.15) is 0 Å². The van der Waals surface area contributed by atoms with Crippen LogP contribution in [0.15, 0.2) is 40.2 Å². The second-order valence-corrected chi connectivity index (χ2v) is 6.96. The summed E-state index contributed by atoms with van der Waals surface area (Å²) in [5.74, 6) is 0.650. The Bertz CT molecular complexity index is 521. The average Bonchev–Trinajstić information content (AvgIpc) is 2.75. The molecule has 19 heavy (non-hydrogen) atoms. The lowest BCUT2D eigenvalue weighted by molar-refractivity contribution is 0.496. The van der Waals surface area contributed by atoms with E-state index in [1.807, 2.05) is 18.4 Å². The van der Waals surface area contributed by atoms with Gasteiger partial charge in [0.25, 0.3) is 0 Å². The third-order valence-electron chi connectivity index (χ3n) is 3.21. The van der Waals surface area contributed by atoms with Crippen LogP contribution in [0.2, 0.25) is 0 Å². The van der Waals surface area contributed by atoms with Gasteiger partial charge in [-0.15, -0.1) is 11.3 Å². The number of hydrogen-bond acceptors (Lipinski definition) is 2. The highest BCUT2D eigenvalue weighted by Gasteiger charge is 2.11. The summed E-state index contributed by atoms with van der Waals surface area (Å²) in [5.41, 5.74) is 2.79. The smallest absolute Gasteiger partial charge is 0.0285 e. The first-order valence-corrected chi connectivity index (χ1v) is 8.27. The van der Waals surface area contributed by atoms with Crippen LogP contribution in [0.25, 0.3) is 0 Å². The maximum atomic E-state index is 3.53. The van der Waals surface area contributed by atoms with Crippen LogP contribution in [-0.4, -0.2) is 13.6 Å². The topological polar surface area (TPSA) is 12.0 Å². The van der Waals surface area contributed by atoms with E-state index in [0.29, 0.717) is 5.92 Å². The Kier molecular flexibility index (Phi) is 5.61. The summed E-state index contributed by atoms with van der Waals surface area (Å²) in [6.07, 6.45) is 2.28. The number of halogens is 1. The second-order valence-electron chi connectivity index (χ2n) is 5.05. The minimum absolute atomic E-state index is 0.650. The normalized spacial score (nSPS) is 12.6. The average molecular weight is 338 g/mol. The first-order valence-electron chi connectivity index (χ1n) is 6.60. The lowest BCUT2D eigenvalue weighted by Gasteiger charge is -2.16. The molecular weight excluding hydrogens is 318 g/mol. The fourth-order valence-corrected chi connectivity index (χ4v) is 3.99. The Morgan fingerprint density at radius 1 is 1.26 bits per heavy atom. The minimum atomic E-state index is 0.650. The van der Waals surface area contributed by atoms with Crippen LogP contribution in [0.4, 0.5) is 0 Å². The summed E-state index contributed by atoms with van der Waals surface area (Å²) in [5, 5.41) is 5.49. The molecule has 0 fully saturated rings.